The predicted octanol–water partition coefficient (Wildman–Crippen LogP) is 4.04. The first-order valence-electron chi connectivity index (χ1n) is 10.1. The predicted molar refractivity (Wildman–Crippen MR) is 111 cm³/mol. The molecule has 0 unspecified atom stereocenters. The summed E-state index contributed by atoms with van der Waals surface area (Å²) in [6, 6.07) is 11.6. The molecule has 0 spiro atoms. The van der Waals surface area contributed by atoms with Gasteiger partial charge in [0.05, 0.1) is 12.2 Å². The van der Waals surface area contributed by atoms with Crippen LogP contribution in [0, 0.1) is 5.92 Å². The summed E-state index contributed by atoms with van der Waals surface area (Å²) in [7, 11) is 0. The van der Waals surface area contributed by atoms with Crippen LogP contribution in [0.25, 0.3) is 22.0 Å². The van der Waals surface area contributed by atoms with Crippen LogP contribution in [0.2, 0.25) is 0 Å². The van der Waals surface area contributed by atoms with Crippen molar-refractivity contribution in [2.75, 3.05) is 11.9 Å². The van der Waals surface area contributed by atoms with Gasteiger partial charge in [-0.25, -0.2) is 13.8 Å². The van der Waals surface area contributed by atoms with Crippen molar-refractivity contribution in [2.45, 2.75) is 38.2 Å². The first-order valence-corrected chi connectivity index (χ1v) is 10.1. The summed E-state index contributed by atoms with van der Waals surface area (Å²) in [5.41, 5.74) is 1.72. The number of hydrogen-bond acceptors (Lipinski definition) is 5. The molecule has 0 atom stereocenters. The number of aromatic nitrogens is 3. The van der Waals surface area contributed by atoms with Gasteiger partial charge in [0.15, 0.2) is 0 Å². The van der Waals surface area contributed by atoms with Crippen molar-refractivity contribution < 1.29 is 13.6 Å². The van der Waals surface area contributed by atoms with Crippen molar-refractivity contribution in [2.24, 2.45) is 5.92 Å². The van der Waals surface area contributed by atoms with E-state index in [1.165, 1.54) is 0 Å². The summed E-state index contributed by atoms with van der Waals surface area (Å²) in [5, 5.41) is 15.7. The minimum Gasteiger partial charge on any atom is -0.310 e. The van der Waals surface area contributed by atoms with E-state index in [1.54, 1.807) is 12.4 Å². The molecule has 8 heteroatoms. The Morgan fingerprint density at radius 1 is 1.10 bits per heavy atom. The summed E-state index contributed by atoms with van der Waals surface area (Å²) >= 11 is 0. The number of anilines is 1. The summed E-state index contributed by atoms with van der Waals surface area (Å²) in [4.78, 5) is 17.0. The van der Waals surface area contributed by atoms with Crippen molar-refractivity contribution in [1.29, 1.82) is 0 Å². The van der Waals surface area contributed by atoms with E-state index in [4.69, 9.17) is 0 Å². The average molecular weight is 411 g/mol. The number of halogens is 2. The van der Waals surface area contributed by atoms with Gasteiger partial charge in [-0.3, -0.25) is 4.79 Å². The Morgan fingerprint density at radius 3 is 2.67 bits per heavy atom. The Bertz CT molecular complexity index is 1010. The van der Waals surface area contributed by atoms with Crippen LogP contribution < -0.4 is 10.6 Å². The third-order valence-electron chi connectivity index (χ3n) is 5.50. The first-order chi connectivity index (χ1) is 14.6. The monoisotopic (exact) mass is 411 g/mol. The maximum atomic E-state index is 12.7. The Balaban J connectivity index is 1.40. The number of carbonyl (C=O) groups excluding carboxylic acids is 1. The van der Waals surface area contributed by atoms with Crippen molar-refractivity contribution in [3.63, 3.8) is 0 Å². The third-order valence-corrected chi connectivity index (χ3v) is 5.50. The molecule has 0 aliphatic heterocycles. The van der Waals surface area contributed by atoms with E-state index in [-0.39, 0.29) is 24.4 Å². The quantitative estimate of drug-likeness (QED) is 0.640. The standard InChI is InChI=1S/C22H23F2N5O/c23-20(24)13-25-18-7-5-14(6-8-18)22(30)28-21-11-17-10-15(3-4-16(17)12-26-21)19-2-1-9-27-29-19/h1-4,9-12,14,18,20,25H,5-8,13H2,(H,26,28,30). The Kier molecular flexibility index (Phi) is 6.23. The molecule has 2 heterocycles. The fourth-order valence-electron chi connectivity index (χ4n) is 3.87. The van der Waals surface area contributed by atoms with Crippen LogP contribution in [-0.4, -0.2) is 40.1 Å². The molecule has 0 bridgehead atoms. The summed E-state index contributed by atoms with van der Waals surface area (Å²) in [6.45, 7) is -0.293. The van der Waals surface area contributed by atoms with Gasteiger partial charge in [-0.15, -0.1) is 0 Å². The molecule has 1 fully saturated rings. The Hall–Kier alpha value is -3.00. The number of amides is 1. The van der Waals surface area contributed by atoms with E-state index in [0.29, 0.717) is 18.7 Å². The van der Waals surface area contributed by atoms with E-state index in [0.717, 1.165) is 34.9 Å². The number of alkyl halides is 2. The van der Waals surface area contributed by atoms with Gasteiger partial charge in [0.2, 0.25) is 5.91 Å². The largest absolute Gasteiger partial charge is 0.310 e. The third kappa shape index (κ3) is 4.94. The summed E-state index contributed by atoms with van der Waals surface area (Å²) in [6.07, 6.45) is 3.81. The molecule has 1 aliphatic carbocycles. The minimum atomic E-state index is -2.35. The van der Waals surface area contributed by atoms with Gasteiger partial charge in [-0.2, -0.15) is 10.2 Å². The molecular formula is C22H23F2N5O. The lowest BCUT2D eigenvalue weighted by Crippen LogP contribution is -2.38. The van der Waals surface area contributed by atoms with E-state index in [1.807, 2.05) is 36.4 Å². The number of hydrogen-bond donors (Lipinski definition) is 2. The second kappa shape index (κ2) is 9.21. The first kappa shape index (κ1) is 20.3. The maximum Gasteiger partial charge on any atom is 0.250 e. The van der Waals surface area contributed by atoms with Crippen LogP contribution in [0.1, 0.15) is 25.7 Å². The number of nitrogens with one attached hydrogen (secondary N) is 2. The van der Waals surface area contributed by atoms with Gasteiger partial charge in [0, 0.05) is 35.3 Å². The topological polar surface area (TPSA) is 79.8 Å². The van der Waals surface area contributed by atoms with Gasteiger partial charge in [-0.1, -0.05) is 12.1 Å². The summed E-state index contributed by atoms with van der Waals surface area (Å²) in [5.74, 6) is 0.305. The molecule has 2 N–H and O–H groups in total. The van der Waals surface area contributed by atoms with Gasteiger partial charge in [0.1, 0.15) is 5.82 Å². The van der Waals surface area contributed by atoms with Crippen LogP contribution in [-0.2, 0) is 4.79 Å². The molecular weight excluding hydrogens is 388 g/mol. The maximum absolute atomic E-state index is 12.7. The van der Waals surface area contributed by atoms with Crippen LogP contribution in [0.5, 0.6) is 0 Å². The zero-order valence-electron chi connectivity index (χ0n) is 16.4. The zero-order valence-corrected chi connectivity index (χ0v) is 16.4. The zero-order chi connectivity index (χ0) is 20.9. The SMILES string of the molecule is O=C(Nc1cc2cc(-c3cccnn3)ccc2cn1)C1CCC(NCC(F)F)CC1. The van der Waals surface area contributed by atoms with E-state index < -0.39 is 6.43 Å². The van der Waals surface area contributed by atoms with Gasteiger partial charge in [0.25, 0.3) is 6.43 Å². The molecule has 0 radical (unpaired) electrons. The highest BCUT2D eigenvalue weighted by atomic mass is 19.3. The van der Waals surface area contributed by atoms with Crippen molar-refractivity contribution in [3.05, 3.63) is 48.8 Å². The molecule has 0 saturated heterocycles. The van der Waals surface area contributed by atoms with Crippen LogP contribution >= 0.6 is 0 Å². The Labute approximate surface area is 173 Å². The van der Waals surface area contributed by atoms with Gasteiger partial charge in [-0.05, 0) is 55.3 Å². The van der Waals surface area contributed by atoms with Crippen molar-refractivity contribution in [1.82, 2.24) is 20.5 Å². The number of pyridine rings is 1. The molecule has 1 saturated carbocycles. The molecule has 6 nitrogen and oxygen atoms in total. The van der Waals surface area contributed by atoms with Crippen molar-refractivity contribution >= 4 is 22.5 Å². The number of fused-ring (bicyclic) bond motifs is 1. The number of rotatable bonds is 6. The lowest BCUT2D eigenvalue weighted by Gasteiger charge is -2.28. The smallest absolute Gasteiger partial charge is 0.250 e. The number of nitrogens with zero attached hydrogens (tertiary/aromatic N) is 3. The normalized spacial score (nSPS) is 19.2. The van der Waals surface area contributed by atoms with Crippen LogP contribution in [0.15, 0.2) is 48.8 Å². The molecule has 1 aliphatic rings. The highest BCUT2D eigenvalue weighted by Gasteiger charge is 2.26. The molecule has 3 aromatic rings. The van der Waals surface area contributed by atoms with Crippen LogP contribution in [0.4, 0.5) is 14.6 Å². The van der Waals surface area contributed by atoms with E-state index >= 15 is 0 Å². The number of benzene rings is 1. The number of carbonyl (C=O) groups is 1. The van der Waals surface area contributed by atoms with E-state index in [2.05, 4.69) is 25.8 Å². The molecule has 2 aromatic heterocycles. The van der Waals surface area contributed by atoms with Gasteiger partial charge >= 0.3 is 0 Å². The van der Waals surface area contributed by atoms with Gasteiger partial charge < -0.3 is 10.6 Å². The second-order valence-corrected chi connectivity index (χ2v) is 7.58. The average Bonchev–Trinajstić information content (AvgIpc) is 2.78. The molecule has 1 aromatic carbocycles. The fraction of sp³-hybridized carbons (Fsp3) is 0.364. The molecule has 4 rings (SSSR count). The second-order valence-electron chi connectivity index (χ2n) is 7.58. The highest BCUT2D eigenvalue weighted by Crippen LogP contribution is 2.27. The lowest BCUT2D eigenvalue weighted by molar-refractivity contribution is -0.120. The minimum absolute atomic E-state index is 0.0568. The fourth-order valence-corrected chi connectivity index (χ4v) is 3.87. The lowest BCUT2D eigenvalue weighted by atomic mass is 9.85. The summed E-state index contributed by atoms with van der Waals surface area (Å²) < 4.78 is 24.7. The van der Waals surface area contributed by atoms with E-state index in [9.17, 15) is 13.6 Å². The molecule has 156 valence electrons. The molecule has 1 amide bonds. The highest BCUT2D eigenvalue weighted by molar-refractivity contribution is 5.95. The Morgan fingerprint density at radius 2 is 1.93 bits per heavy atom. The van der Waals surface area contributed by atoms with Crippen molar-refractivity contribution in [3.8, 4) is 11.3 Å². The molecule has 30 heavy (non-hydrogen) atoms. The van der Waals surface area contributed by atoms with Crippen LogP contribution in [0.3, 0.4) is 0 Å².